The molecule has 0 amide bonds. The highest BCUT2D eigenvalue weighted by atomic mass is 32.2. The number of thioether (sulfide) groups is 1. The number of rotatable bonds is 8. The van der Waals surface area contributed by atoms with Crippen LogP contribution in [0, 0.1) is 0 Å². The maximum atomic E-state index is 11.5. The molecule has 1 rings (SSSR count). The van der Waals surface area contributed by atoms with E-state index in [0.29, 0.717) is 17.3 Å². The number of methoxy groups -OCH3 is 1. The fourth-order valence-corrected chi connectivity index (χ4v) is 2.63. The number of hydrogen-bond donors (Lipinski definition) is 2. The normalized spacial score (nSPS) is 12.2. The van der Waals surface area contributed by atoms with E-state index in [1.165, 1.54) is 24.9 Å². The van der Waals surface area contributed by atoms with Gasteiger partial charge >= 0.3 is 5.97 Å². The Bertz CT molecular complexity index is 490. The topological polar surface area (TPSA) is 84.1 Å². The Morgan fingerprint density at radius 1 is 1.60 bits per heavy atom. The minimum absolute atomic E-state index is 0.135. The van der Waals surface area contributed by atoms with Crippen molar-refractivity contribution in [3.8, 4) is 0 Å². The largest absolute Gasteiger partial charge is 0.468 e. The number of likely N-dealkylation sites (N-methyl/N-ethyl adjacent to an activating group) is 1. The van der Waals surface area contributed by atoms with Crippen molar-refractivity contribution in [1.29, 1.82) is 0 Å². The molecule has 0 aliphatic heterocycles. The molecule has 1 aromatic heterocycles. The highest BCUT2D eigenvalue weighted by Crippen LogP contribution is 2.14. The van der Waals surface area contributed by atoms with E-state index in [-0.39, 0.29) is 17.6 Å². The number of hydrogen-bond acceptors (Lipinski definition) is 6. The van der Waals surface area contributed by atoms with E-state index in [4.69, 9.17) is 4.74 Å². The van der Waals surface area contributed by atoms with Crippen molar-refractivity contribution in [1.82, 2.24) is 15.3 Å². The Morgan fingerprint density at radius 3 is 2.95 bits per heavy atom. The number of aromatic amines is 1. The summed E-state index contributed by atoms with van der Waals surface area (Å²) in [6.07, 6.45) is 2.35. The summed E-state index contributed by atoms with van der Waals surface area (Å²) in [5.41, 5.74) is 0.668. The molecular weight excluding hydrogens is 278 g/mol. The van der Waals surface area contributed by atoms with Gasteiger partial charge in [0.15, 0.2) is 5.16 Å². The number of aryl methyl sites for hydroxylation is 1. The number of H-pyrrole nitrogens is 1. The van der Waals surface area contributed by atoms with Crippen LogP contribution in [-0.2, 0) is 16.0 Å². The van der Waals surface area contributed by atoms with Crippen LogP contribution < -0.4 is 10.9 Å². The summed E-state index contributed by atoms with van der Waals surface area (Å²) in [6, 6.07) is 1.19. The summed E-state index contributed by atoms with van der Waals surface area (Å²) in [5.74, 6) is 0.383. The van der Waals surface area contributed by atoms with Gasteiger partial charge in [0.2, 0.25) is 0 Å². The molecule has 1 atom stereocenters. The lowest BCUT2D eigenvalue weighted by atomic mass is 10.2. The summed E-state index contributed by atoms with van der Waals surface area (Å²) in [5, 5.41) is 3.50. The van der Waals surface area contributed by atoms with Crippen molar-refractivity contribution >= 4 is 17.7 Å². The number of aromatic nitrogens is 2. The highest BCUT2D eigenvalue weighted by Gasteiger charge is 2.16. The van der Waals surface area contributed by atoms with E-state index in [9.17, 15) is 9.59 Å². The van der Waals surface area contributed by atoms with Crippen molar-refractivity contribution < 1.29 is 9.53 Å². The van der Waals surface area contributed by atoms with E-state index in [1.807, 2.05) is 6.92 Å². The lowest BCUT2D eigenvalue weighted by Crippen LogP contribution is -2.35. The van der Waals surface area contributed by atoms with Crippen molar-refractivity contribution in [2.24, 2.45) is 0 Å². The third-order valence-electron chi connectivity index (χ3n) is 2.76. The average molecular weight is 299 g/mol. The Hall–Kier alpha value is -1.34. The molecule has 112 valence electrons. The molecule has 0 saturated carbocycles. The number of carbonyl (C=O) groups excluding carboxylic acids is 1. The van der Waals surface area contributed by atoms with Crippen LogP contribution in [0.3, 0.4) is 0 Å². The summed E-state index contributed by atoms with van der Waals surface area (Å²) in [7, 11) is 3.08. The Balaban J connectivity index is 2.57. The van der Waals surface area contributed by atoms with Crippen LogP contribution in [0.2, 0.25) is 0 Å². The van der Waals surface area contributed by atoms with E-state index in [0.717, 1.165) is 18.5 Å². The fraction of sp³-hybridized carbons (Fsp3) is 0.615. The molecule has 6 nitrogen and oxygen atoms in total. The first-order chi connectivity index (χ1) is 9.60. The predicted molar refractivity (Wildman–Crippen MR) is 79.1 cm³/mol. The molecule has 1 unspecified atom stereocenters. The van der Waals surface area contributed by atoms with Crippen LogP contribution in [0.25, 0.3) is 0 Å². The van der Waals surface area contributed by atoms with Gasteiger partial charge in [0.25, 0.3) is 5.56 Å². The molecular formula is C13H21N3O3S. The molecule has 0 fully saturated rings. The monoisotopic (exact) mass is 299 g/mol. The number of ether oxygens (including phenoxy) is 1. The smallest absolute Gasteiger partial charge is 0.322 e. The molecule has 2 N–H and O–H groups in total. The van der Waals surface area contributed by atoms with Gasteiger partial charge in [-0.3, -0.25) is 9.59 Å². The molecule has 0 aliphatic rings. The van der Waals surface area contributed by atoms with E-state index in [1.54, 1.807) is 7.05 Å². The van der Waals surface area contributed by atoms with Crippen LogP contribution in [-0.4, -0.2) is 41.9 Å². The Kier molecular flexibility index (Phi) is 7.32. The molecule has 0 spiro atoms. The lowest BCUT2D eigenvalue weighted by molar-refractivity contribution is -0.143. The number of nitrogens with zero attached hydrogens (tertiary/aromatic N) is 1. The van der Waals surface area contributed by atoms with Crippen LogP contribution in [0.4, 0.5) is 0 Å². The van der Waals surface area contributed by atoms with Crippen LogP contribution in [0.5, 0.6) is 0 Å². The van der Waals surface area contributed by atoms with E-state index < -0.39 is 0 Å². The molecule has 0 radical (unpaired) electrons. The molecule has 0 saturated heterocycles. The van der Waals surface area contributed by atoms with Gasteiger partial charge in [-0.15, -0.1) is 0 Å². The molecule has 1 aromatic rings. The Labute approximate surface area is 122 Å². The first-order valence-electron chi connectivity index (χ1n) is 6.58. The van der Waals surface area contributed by atoms with Gasteiger partial charge in [0.05, 0.1) is 7.11 Å². The quantitative estimate of drug-likeness (QED) is 0.423. The minimum Gasteiger partial charge on any atom is -0.468 e. The Morgan fingerprint density at radius 2 is 2.35 bits per heavy atom. The second-order valence-electron chi connectivity index (χ2n) is 4.29. The van der Waals surface area contributed by atoms with Gasteiger partial charge in [-0.1, -0.05) is 25.1 Å². The molecule has 0 aliphatic carbocycles. The molecule has 1 heterocycles. The summed E-state index contributed by atoms with van der Waals surface area (Å²) in [4.78, 5) is 30.0. The zero-order chi connectivity index (χ0) is 15.0. The third kappa shape index (κ3) is 5.34. The number of nitrogens with one attached hydrogen (secondary N) is 2. The summed E-state index contributed by atoms with van der Waals surface area (Å²) in [6.45, 7) is 2.05. The van der Waals surface area contributed by atoms with Crippen LogP contribution >= 0.6 is 11.8 Å². The zero-order valence-corrected chi connectivity index (χ0v) is 12.9. The standard InChI is InChI=1S/C13H21N3O3S/c1-4-5-9-8-11(17)16-13(15-9)20-7-6-10(14-2)12(18)19-3/h8,10,14H,4-7H2,1-3H3,(H,15,16,17). The van der Waals surface area contributed by atoms with Gasteiger partial charge in [-0.05, 0) is 19.9 Å². The summed E-state index contributed by atoms with van der Waals surface area (Å²) >= 11 is 1.43. The van der Waals surface area contributed by atoms with Gasteiger partial charge in [0, 0.05) is 17.5 Å². The molecule has 20 heavy (non-hydrogen) atoms. The van der Waals surface area contributed by atoms with Gasteiger partial charge in [-0.2, -0.15) is 0 Å². The van der Waals surface area contributed by atoms with Crippen molar-refractivity contribution in [2.75, 3.05) is 19.9 Å². The predicted octanol–water partition coefficient (Wildman–Crippen LogP) is 0.966. The van der Waals surface area contributed by atoms with Crippen molar-refractivity contribution in [3.63, 3.8) is 0 Å². The van der Waals surface area contributed by atoms with E-state index in [2.05, 4.69) is 15.3 Å². The SMILES string of the molecule is CCCc1cc(=O)[nH]c(SCCC(NC)C(=O)OC)n1. The van der Waals surface area contributed by atoms with Gasteiger partial charge in [-0.25, -0.2) is 4.98 Å². The van der Waals surface area contributed by atoms with Crippen molar-refractivity contribution in [3.05, 3.63) is 22.1 Å². The minimum atomic E-state index is -0.335. The summed E-state index contributed by atoms with van der Waals surface area (Å²) < 4.78 is 4.69. The first-order valence-corrected chi connectivity index (χ1v) is 7.57. The zero-order valence-electron chi connectivity index (χ0n) is 12.1. The van der Waals surface area contributed by atoms with Gasteiger partial charge in [0.1, 0.15) is 6.04 Å². The second-order valence-corrected chi connectivity index (χ2v) is 5.38. The average Bonchev–Trinajstić information content (AvgIpc) is 2.42. The maximum Gasteiger partial charge on any atom is 0.322 e. The van der Waals surface area contributed by atoms with Crippen LogP contribution in [0.15, 0.2) is 16.0 Å². The van der Waals surface area contributed by atoms with Crippen LogP contribution in [0.1, 0.15) is 25.5 Å². The maximum absolute atomic E-state index is 11.5. The second kappa shape index (κ2) is 8.76. The first kappa shape index (κ1) is 16.7. The fourth-order valence-electron chi connectivity index (χ4n) is 1.73. The molecule has 0 bridgehead atoms. The van der Waals surface area contributed by atoms with E-state index >= 15 is 0 Å². The number of carbonyl (C=O) groups is 1. The highest BCUT2D eigenvalue weighted by molar-refractivity contribution is 7.99. The van der Waals surface area contributed by atoms with Gasteiger partial charge < -0.3 is 15.0 Å². The van der Waals surface area contributed by atoms with Crippen molar-refractivity contribution in [2.45, 2.75) is 37.4 Å². The molecule has 7 heteroatoms. The molecule has 0 aromatic carbocycles. The number of esters is 1. The lowest BCUT2D eigenvalue weighted by Gasteiger charge is -2.12. The third-order valence-corrected chi connectivity index (χ3v) is 3.67.